The minimum absolute atomic E-state index is 0.0664. The molecule has 0 saturated carbocycles. The number of aromatic nitrogens is 1. The third-order valence-electron chi connectivity index (χ3n) is 4.39. The van der Waals surface area contributed by atoms with Crippen molar-refractivity contribution in [2.45, 2.75) is 18.9 Å². The van der Waals surface area contributed by atoms with Crippen LogP contribution in [0.3, 0.4) is 0 Å². The summed E-state index contributed by atoms with van der Waals surface area (Å²) in [7, 11) is 0. The van der Waals surface area contributed by atoms with Crippen LogP contribution in [0, 0.1) is 0 Å². The third kappa shape index (κ3) is 3.38. The summed E-state index contributed by atoms with van der Waals surface area (Å²) in [5, 5.41) is 2.95. The highest BCUT2D eigenvalue weighted by Gasteiger charge is 2.29. The molecule has 0 saturated heterocycles. The molecule has 0 fully saturated rings. The predicted octanol–water partition coefficient (Wildman–Crippen LogP) is 3.94. The first kappa shape index (κ1) is 15.4. The van der Waals surface area contributed by atoms with Crippen LogP contribution in [0.25, 0.3) is 0 Å². The van der Waals surface area contributed by atoms with Gasteiger partial charge in [-0.05, 0) is 47.9 Å². The number of benzene rings is 2. The van der Waals surface area contributed by atoms with E-state index in [9.17, 15) is 4.79 Å². The van der Waals surface area contributed by atoms with Gasteiger partial charge in [0.15, 0.2) is 0 Å². The summed E-state index contributed by atoms with van der Waals surface area (Å²) in [6, 6.07) is 21.6. The van der Waals surface area contributed by atoms with E-state index in [1.165, 1.54) is 0 Å². The fraction of sp³-hybridized carbons (Fsp3) is 0.143. The molecule has 0 radical (unpaired) electrons. The Morgan fingerprint density at radius 1 is 0.960 bits per heavy atom. The Bertz CT molecular complexity index is 876. The van der Waals surface area contributed by atoms with E-state index in [1.54, 1.807) is 6.20 Å². The van der Waals surface area contributed by atoms with E-state index in [-0.39, 0.29) is 11.8 Å². The first-order chi connectivity index (χ1) is 12.3. The monoisotopic (exact) mass is 330 g/mol. The second kappa shape index (κ2) is 6.77. The van der Waals surface area contributed by atoms with Gasteiger partial charge in [-0.15, -0.1) is 0 Å². The fourth-order valence-electron chi connectivity index (χ4n) is 3.08. The molecule has 1 aromatic heterocycles. The number of nitrogens with one attached hydrogen (secondary N) is 1. The van der Waals surface area contributed by atoms with Gasteiger partial charge in [0.25, 0.3) is 0 Å². The lowest BCUT2D eigenvalue weighted by atomic mass is 9.93. The van der Waals surface area contributed by atoms with Crippen molar-refractivity contribution in [2.24, 2.45) is 0 Å². The molecular weight excluding hydrogens is 312 g/mol. The number of ether oxygens (including phenoxy) is 1. The zero-order chi connectivity index (χ0) is 17.1. The van der Waals surface area contributed by atoms with E-state index in [0.717, 1.165) is 28.3 Å². The maximum atomic E-state index is 12.2. The summed E-state index contributed by atoms with van der Waals surface area (Å²) in [6.45, 7) is 0.443. The third-order valence-corrected chi connectivity index (χ3v) is 4.39. The van der Waals surface area contributed by atoms with Crippen LogP contribution in [0.1, 0.15) is 22.7 Å². The van der Waals surface area contributed by atoms with E-state index in [1.807, 2.05) is 66.7 Å². The van der Waals surface area contributed by atoms with Crippen LogP contribution in [0.4, 0.5) is 5.69 Å². The second-order valence-electron chi connectivity index (χ2n) is 6.09. The lowest BCUT2D eigenvalue weighted by Crippen LogP contribution is -2.14. The number of fused-ring (bicyclic) bond motifs is 1. The summed E-state index contributed by atoms with van der Waals surface area (Å²) >= 11 is 0. The normalized spacial score (nSPS) is 15.5. The van der Waals surface area contributed by atoms with Crippen LogP contribution < -0.4 is 10.1 Å². The second-order valence-corrected chi connectivity index (χ2v) is 6.09. The Morgan fingerprint density at radius 3 is 2.56 bits per heavy atom. The topological polar surface area (TPSA) is 51.2 Å². The van der Waals surface area contributed by atoms with Crippen molar-refractivity contribution in [3.63, 3.8) is 0 Å². The highest BCUT2D eigenvalue weighted by molar-refractivity contribution is 6.03. The number of anilines is 1. The van der Waals surface area contributed by atoms with E-state index in [4.69, 9.17) is 4.74 Å². The van der Waals surface area contributed by atoms with E-state index in [2.05, 4.69) is 10.3 Å². The number of rotatable bonds is 5. The summed E-state index contributed by atoms with van der Waals surface area (Å²) < 4.78 is 5.75. The molecule has 3 aromatic rings. The zero-order valence-electron chi connectivity index (χ0n) is 13.7. The minimum Gasteiger partial charge on any atom is -0.487 e. The van der Waals surface area contributed by atoms with Gasteiger partial charge in [0.2, 0.25) is 5.91 Å². The van der Waals surface area contributed by atoms with Crippen molar-refractivity contribution in [2.75, 3.05) is 5.32 Å². The van der Waals surface area contributed by atoms with Crippen LogP contribution in [0.5, 0.6) is 5.75 Å². The molecule has 25 heavy (non-hydrogen) atoms. The summed E-state index contributed by atoms with van der Waals surface area (Å²) in [5.74, 6) is 0.735. The molecule has 0 aliphatic carbocycles. The summed E-state index contributed by atoms with van der Waals surface area (Å²) in [6.07, 6.45) is 2.44. The van der Waals surface area contributed by atoms with Gasteiger partial charge < -0.3 is 10.1 Å². The standard InChI is InChI=1S/C21H18N2O2/c24-21-19(18-6-1-2-7-20(18)23-21)13-15-8-10-17(11-9-15)25-14-16-5-3-4-12-22-16/h1-12,19H,13-14H2,(H,23,24)/t19-/m1/s1. The molecule has 2 aromatic carbocycles. The van der Waals surface area contributed by atoms with Crippen molar-refractivity contribution in [1.82, 2.24) is 4.98 Å². The maximum absolute atomic E-state index is 12.2. The average Bonchev–Trinajstić information content (AvgIpc) is 2.97. The number of para-hydroxylation sites is 1. The maximum Gasteiger partial charge on any atom is 0.232 e. The van der Waals surface area contributed by atoms with Crippen molar-refractivity contribution in [3.8, 4) is 5.75 Å². The number of pyridine rings is 1. The van der Waals surface area contributed by atoms with Gasteiger partial charge in [-0.3, -0.25) is 9.78 Å². The van der Waals surface area contributed by atoms with E-state index >= 15 is 0 Å². The molecule has 4 heteroatoms. The number of carbonyl (C=O) groups is 1. The van der Waals surface area contributed by atoms with E-state index in [0.29, 0.717) is 13.0 Å². The number of nitrogens with zero attached hydrogens (tertiary/aromatic N) is 1. The van der Waals surface area contributed by atoms with Crippen molar-refractivity contribution in [3.05, 3.63) is 89.7 Å². The van der Waals surface area contributed by atoms with Crippen LogP contribution in [0.2, 0.25) is 0 Å². The molecule has 1 aliphatic rings. The first-order valence-corrected chi connectivity index (χ1v) is 8.31. The predicted molar refractivity (Wildman–Crippen MR) is 96.5 cm³/mol. The Morgan fingerprint density at radius 2 is 1.76 bits per heavy atom. The number of amides is 1. The molecule has 0 unspecified atom stereocenters. The quantitative estimate of drug-likeness (QED) is 0.771. The van der Waals surface area contributed by atoms with Gasteiger partial charge in [-0.1, -0.05) is 36.4 Å². The van der Waals surface area contributed by atoms with Crippen LogP contribution in [-0.4, -0.2) is 10.9 Å². The number of carbonyl (C=O) groups excluding carboxylic acids is 1. The van der Waals surface area contributed by atoms with Crippen LogP contribution in [-0.2, 0) is 17.8 Å². The SMILES string of the molecule is O=C1Nc2ccccc2[C@H]1Cc1ccc(OCc2ccccn2)cc1. The summed E-state index contributed by atoms with van der Waals surface area (Å²) in [5.41, 5.74) is 4.00. The molecule has 4 rings (SSSR count). The highest BCUT2D eigenvalue weighted by atomic mass is 16.5. The fourth-order valence-corrected chi connectivity index (χ4v) is 3.08. The van der Waals surface area contributed by atoms with Crippen LogP contribution >= 0.6 is 0 Å². The average molecular weight is 330 g/mol. The van der Waals surface area contributed by atoms with Gasteiger partial charge in [0.05, 0.1) is 11.6 Å². The van der Waals surface area contributed by atoms with Gasteiger partial charge in [-0.25, -0.2) is 0 Å². The van der Waals surface area contributed by atoms with Crippen molar-refractivity contribution >= 4 is 11.6 Å². The van der Waals surface area contributed by atoms with Gasteiger partial charge in [0, 0.05) is 11.9 Å². The Balaban J connectivity index is 1.42. The Hall–Kier alpha value is -3.14. The minimum atomic E-state index is -0.128. The molecule has 2 heterocycles. The largest absolute Gasteiger partial charge is 0.487 e. The Labute approximate surface area is 146 Å². The molecule has 124 valence electrons. The smallest absolute Gasteiger partial charge is 0.232 e. The molecular formula is C21H18N2O2. The van der Waals surface area contributed by atoms with Gasteiger partial charge in [-0.2, -0.15) is 0 Å². The lowest BCUT2D eigenvalue weighted by Gasteiger charge is -2.10. The number of hydrogen-bond acceptors (Lipinski definition) is 3. The molecule has 1 atom stereocenters. The molecule has 1 amide bonds. The first-order valence-electron chi connectivity index (χ1n) is 8.31. The van der Waals surface area contributed by atoms with Crippen molar-refractivity contribution < 1.29 is 9.53 Å². The molecule has 1 aliphatic heterocycles. The molecule has 1 N–H and O–H groups in total. The molecule has 0 spiro atoms. The Kier molecular flexibility index (Phi) is 4.17. The van der Waals surface area contributed by atoms with Gasteiger partial charge >= 0.3 is 0 Å². The molecule has 4 nitrogen and oxygen atoms in total. The molecule has 0 bridgehead atoms. The highest BCUT2D eigenvalue weighted by Crippen LogP contribution is 2.34. The zero-order valence-corrected chi connectivity index (χ0v) is 13.7. The lowest BCUT2D eigenvalue weighted by molar-refractivity contribution is -0.117. The van der Waals surface area contributed by atoms with Gasteiger partial charge in [0.1, 0.15) is 12.4 Å². The number of hydrogen-bond donors (Lipinski definition) is 1. The van der Waals surface area contributed by atoms with Crippen LogP contribution in [0.15, 0.2) is 72.9 Å². The van der Waals surface area contributed by atoms with E-state index < -0.39 is 0 Å². The summed E-state index contributed by atoms with van der Waals surface area (Å²) in [4.78, 5) is 16.5. The van der Waals surface area contributed by atoms with Crippen molar-refractivity contribution in [1.29, 1.82) is 0 Å².